The Bertz CT molecular complexity index is 173. The fraction of sp³-hybridized carbons (Fsp3) is 1.00. The van der Waals surface area contributed by atoms with Crippen molar-refractivity contribution in [1.82, 2.24) is 0 Å². The quantitative estimate of drug-likeness (QED) is 0.553. The summed E-state index contributed by atoms with van der Waals surface area (Å²) < 4.78 is 61.0. The standard InChI is InChI=1S/C7H9F5/c1-2-5(7(10,11)12)3-6(8,9)4-5/h2-4H2,1H3. The maximum atomic E-state index is 12.3. The predicted molar refractivity (Wildman–Crippen MR) is 33.0 cm³/mol. The third-order valence-electron chi connectivity index (χ3n) is 2.47. The normalized spacial score (nSPS) is 26.5. The molecule has 0 atom stereocenters. The van der Waals surface area contributed by atoms with Crippen LogP contribution in [0, 0.1) is 5.41 Å². The first-order valence-electron chi connectivity index (χ1n) is 3.67. The van der Waals surface area contributed by atoms with Gasteiger partial charge in [0.25, 0.3) is 0 Å². The van der Waals surface area contributed by atoms with E-state index < -0.39 is 30.4 Å². The third-order valence-corrected chi connectivity index (χ3v) is 2.47. The number of hydrogen-bond acceptors (Lipinski definition) is 0. The summed E-state index contributed by atoms with van der Waals surface area (Å²) in [6.45, 7) is 1.29. The van der Waals surface area contributed by atoms with Crippen LogP contribution in [0.2, 0.25) is 0 Å². The minimum Gasteiger partial charge on any atom is -0.207 e. The van der Waals surface area contributed by atoms with Crippen LogP contribution in [-0.2, 0) is 0 Å². The SMILES string of the molecule is CCC1(C(F)(F)F)CC(F)(F)C1. The Morgan fingerprint density at radius 2 is 1.58 bits per heavy atom. The van der Waals surface area contributed by atoms with Gasteiger partial charge >= 0.3 is 6.18 Å². The first-order valence-corrected chi connectivity index (χ1v) is 3.67. The Labute approximate surface area is 66.8 Å². The van der Waals surface area contributed by atoms with Crippen LogP contribution in [0.4, 0.5) is 22.0 Å². The molecule has 12 heavy (non-hydrogen) atoms. The molecule has 5 heteroatoms. The van der Waals surface area contributed by atoms with E-state index in [1.165, 1.54) is 6.92 Å². The first kappa shape index (κ1) is 9.74. The van der Waals surface area contributed by atoms with Crippen LogP contribution in [0.5, 0.6) is 0 Å². The monoisotopic (exact) mass is 188 g/mol. The summed E-state index contributed by atoms with van der Waals surface area (Å²) in [5.41, 5.74) is -2.11. The van der Waals surface area contributed by atoms with Gasteiger partial charge in [0.05, 0.1) is 5.41 Å². The summed E-state index contributed by atoms with van der Waals surface area (Å²) in [7, 11) is 0. The molecule has 0 saturated heterocycles. The van der Waals surface area contributed by atoms with Crippen molar-refractivity contribution < 1.29 is 22.0 Å². The van der Waals surface area contributed by atoms with Crippen molar-refractivity contribution in [2.45, 2.75) is 38.3 Å². The zero-order valence-corrected chi connectivity index (χ0v) is 6.51. The van der Waals surface area contributed by atoms with Gasteiger partial charge in [-0.1, -0.05) is 6.92 Å². The van der Waals surface area contributed by atoms with Gasteiger partial charge in [0, 0.05) is 12.8 Å². The molecule has 1 rings (SSSR count). The van der Waals surface area contributed by atoms with E-state index in [0.29, 0.717) is 0 Å². The maximum Gasteiger partial charge on any atom is 0.394 e. The van der Waals surface area contributed by atoms with Crippen molar-refractivity contribution in [3.63, 3.8) is 0 Å². The van der Waals surface area contributed by atoms with Gasteiger partial charge in [0.2, 0.25) is 5.92 Å². The van der Waals surface area contributed by atoms with Crippen LogP contribution >= 0.6 is 0 Å². The average molecular weight is 188 g/mol. The summed E-state index contributed by atoms with van der Waals surface area (Å²) in [5.74, 6) is -3.11. The first-order chi connectivity index (χ1) is 5.22. The van der Waals surface area contributed by atoms with Gasteiger partial charge in [-0.15, -0.1) is 0 Å². The molecule has 0 radical (unpaired) electrons. The molecular weight excluding hydrogens is 179 g/mol. The highest BCUT2D eigenvalue weighted by Crippen LogP contribution is 2.61. The molecule has 0 nitrogen and oxygen atoms in total. The molecule has 0 unspecified atom stereocenters. The van der Waals surface area contributed by atoms with Crippen LogP contribution < -0.4 is 0 Å². The Morgan fingerprint density at radius 3 is 1.67 bits per heavy atom. The third kappa shape index (κ3) is 1.29. The highest BCUT2D eigenvalue weighted by molar-refractivity contribution is 5.02. The molecular formula is C7H9F5. The molecule has 0 spiro atoms. The fourth-order valence-corrected chi connectivity index (χ4v) is 1.59. The molecule has 0 aliphatic heterocycles. The lowest BCUT2D eigenvalue weighted by atomic mass is 9.64. The van der Waals surface area contributed by atoms with E-state index in [9.17, 15) is 22.0 Å². The Hall–Kier alpha value is -0.350. The van der Waals surface area contributed by atoms with Crippen LogP contribution in [-0.4, -0.2) is 12.1 Å². The summed E-state index contributed by atoms with van der Waals surface area (Å²) in [4.78, 5) is 0. The number of alkyl halides is 5. The largest absolute Gasteiger partial charge is 0.394 e. The van der Waals surface area contributed by atoms with E-state index in [2.05, 4.69) is 0 Å². The van der Waals surface area contributed by atoms with Crippen molar-refractivity contribution in [2.75, 3.05) is 0 Å². The molecule has 72 valence electrons. The summed E-state index contributed by atoms with van der Waals surface area (Å²) in [6, 6.07) is 0. The Morgan fingerprint density at radius 1 is 1.17 bits per heavy atom. The number of hydrogen-bond donors (Lipinski definition) is 0. The summed E-state index contributed by atoms with van der Waals surface area (Å²) in [6.07, 6.45) is -6.82. The lowest BCUT2D eigenvalue weighted by molar-refractivity contribution is -0.310. The lowest BCUT2D eigenvalue weighted by Gasteiger charge is -2.47. The maximum absolute atomic E-state index is 12.3. The molecule has 0 bridgehead atoms. The number of rotatable bonds is 1. The Kier molecular flexibility index (Phi) is 1.89. The van der Waals surface area contributed by atoms with Crippen molar-refractivity contribution in [2.24, 2.45) is 5.41 Å². The highest BCUT2D eigenvalue weighted by Gasteiger charge is 2.68. The van der Waals surface area contributed by atoms with Gasteiger partial charge in [0.15, 0.2) is 0 Å². The molecule has 0 N–H and O–H groups in total. The van der Waals surface area contributed by atoms with E-state index in [1.807, 2.05) is 0 Å². The summed E-state index contributed by atoms with van der Waals surface area (Å²) in [5, 5.41) is 0. The van der Waals surface area contributed by atoms with Crippen molar-refractivity contribution in [3.8, 4) is 0 Å². The molecule has 1 saturated carbocycles. The van der Waals surface area contributed by atoms with Gasteiger partial charge in [0.1, 0.15) is 0 Å². The minimum absolute atomic E-state index is 0.258. The van der Waals surface area contributed by atoms with Crippen LogP contribution in [0.1, 0.15) is 26.2 Å². The molecule has 0 aromatic rings. The molecule has 1 fully saturated rings. The molecule has 0 aromatic carbocycles. The van der Waals surface area contributed by atoms with Crippen LogP contribution in [0.3, 0.4) is 0 Å². The smallest absolute Gasteiger partial charge is 0.207 e. The van der Waals surface area contributed by atoms with Crippen LogP contribution in [0.15, 0.2) is 0 Å². The van der Waals surface area contributed by atoms with E-state index in [-0.39, 0.29) is 6.42 Å². The zero-order chi connectivity index (χ0) is 9.62. The Balaban J connectivity index is 2.72. The molecule has 1 aliphatic rings. The molecule has 0 amide bonds. The highest BCUT2D eigenvalue weighted by atomic mass is 19.4. The van der Waals surface area contributed by atoms with Gasteiger partial charge in [-0.05, 0) is 6.42 Å². The van der Waals surface area contributed by atoms with E-state index in [0.717, 1.165) is 0 Å². The van der Waals surface area contributed by atoms with Crippen molar-refractivity contribution in [3.05, 3.63) is 0 Å². The average Bonchev–Trinajstić information content (AvgIpc) is 1.78. The number of halogens is 5. The second-order valence-corrected chi connectivity index (χ2v) is 3.34. The second-order valence-electron chi connectivity index (χ2n) is 3.34. The van der Waals surface area contributed by atoms with Gasteiger partial charge in [-0.2, -0.15) is 13.2 Å². The molecule has 0 aromatic heterocycles. The molecule has 1 aliphatic carbocycles. The van der Waals surface area contributed by atoms with Gasteiger partial charge < -0.3 is 0 Å². The van der Waals surface area contributed by atoms with Gasteiger partial charge in [-0.3, -0.25) is 0 Å². The molecule has 0 heterocycles. The van der Waals surface area contributed by atoms with E-state index in [4.69, 9.17) is 0 Å². The fourth-order valence-electron chi connectivity index (χ4n) is 1.59. The van der Waals surface area contributed by atoms with E-state index >= 15 is 0 Å². The lowest BCUT2D eigenvalue weighted by Crippen LogP contribution is -2.54. The van der Waals surface area contributed by atoms with Gasteiger partial charge in [-0.25, -0.2) is 8.78 Å². The van der Waals surface area contributed by atoms with Crippen molar-refractivity contribution in [1.29, 1.82) is 0 Å². The van der Waals surface area contributed by atoms with Crippen LogP contribution in [0.25, 0.3) is 0 Å². The van der Waals surface area contributed by atoms with Crippen molar-refractivity contribution >= 4 is 0 Å². The second kappa shape index (κ2) is 2.33. The minimum atomic E-state index is -4.48. The zero-order valence-electron chi connectivity index (χ0n) is 6.51. The van der Waals surface area contributed by atoms with E-state index in [1.54, 1.807) is 0 Å². The predicted octanol–water partition coefficient (Wildman–Crippen LogP) is 3.37. The topological polar surface area (TPSA) is 0 Å². The summed E-state index contributed by atoms with van der Waals surface area (Å²) >= 11 is 0.